The van der Waals surface area contributed by atoms with Crippen molar-refractivity contribution in [1.29, 1.82) is 0 Å². The summed E-state index contributed by atoms with van der Waals surface area (Å²) < 4.78 is 25.0. The summed E-state index contributed by atoms with van der Waals surface area (Å²) in [6.45, 7) is 3.47. The molecule has 1 atom stereocenters. The first-order chi connectivity index (χ1) is 6.05. The minimum atomic E-state index is -3.09. The number of hydrogen-bond donors (Lipinski definition) is 1. The fourth-order valence-electron chi connectivity index (χ4n) is 0.948. The quantitative estimate of drug-likeness (QED) is 0.838. The molecule has 0 aromatic carbocycles. The topological polar surface area (TPSA) is 46.2 Å². The molecule has 0 saturated carbocycles. The Balaban J connectivity index is 2.67. The van der Waals surface area contributed by atoms with Gasteiger partial charge < -0.3 is 0 Å². The van der Waals surface area contributed by atoms with Crippen LogP contribution in [0.25, 0.3) is 0 Å². The molecule has 0 aliphatic heterocycles. The third-order valence-electron chi connectivity index (χ3n) is 1.71. The van der Waals surface area contributed by atoms with E-state index >= 15 is 0 Å². The van der Waals surface area contributed by atoms with Crippen molar-refractivity contribution in [1.82, 2.24) is 4.72 Å². The summed E-state index contributed by atoms with van der Waals surface area (Å²) in [6.07, 6.45) is 0. The Bertz CT molecular complexity index is 342. The monoisotopic (exact) mass is 219 g/mol. The van der Waals surface area contributed by atoms with Crippen LogP contribution in [0.1, 0.15) is 24.8 Å². The Morgan fingerprint density at radius 3 is 2.77 bits per heavy atom. The molecule has 1 aromatic rings. The van der Waals surface area contributed by atoms with E-state index in [1.54, 1.807) is 18.3 Å². The first-order valence-electron chi connectivity index (χ1n) is 4.08. The summed E-state index contributed by atoms with van der Waals surface area (Å²) in [7, 11) is -3.09. The zero-order valence-corrected chi connectivity index (χ0v) is 9.28. The molecular formula is C8H13NO2S2. The summed E-state index contributed by atoms with van der Waals surface area (Å²) in [5, 5.41) is 1.94. The number of rotatable bonds is 4. The molecule has 0 aliphatic carbocycles. The second-order valence-corrected chi connectivity index (χ2v) is 5.78. The Kier molecular flexibility index (Phi) is 3.47. The van der Waals surface area contributed by atoms with Gasteiger partial charge in [-0.15, -0.1) is 11.3 Å². The number of thiophene rings is 1. The highest BCUT2D eigenvalue weighted by molar-refractivity contribution is 7.89. The van der Waals surface area contributed by atoms with Gasteiger partial charge >= 0.3 is 0 Å². The van der Waals surface area contributed by atoms with Crippen LogP contribution in [0.2, 0.25) is 0 Å². The van der Waals surface area contributed by atoms with E-state index in [2.05, 4.69) is 4.72 Å². The highest BCUT2D eigenvalue weighted by Crippen LogP contribution is 2.18. The number of nitrogens with one attached hydrogen (secondary N) is 1. The number of sulfonamides is 1. The summed E-state index contributed by atoms with van der Waals surface area (Å²) in [6, 6.07) is 3.72. The molecule has 1 aromatic heterocycles. The van der Waals surface area contributed by atoms with Gasteiger partial charge in [-0.25, -0.2) is 13.1 Å². The van der Waals surface area contributed by atoms with Gasteiger partial charge in [-0.05, 0) is 25.3 Å². The van der Waals surface area contributed by atoms with Gasteiger partial charge in [0.05, 0.1) is 11.8 Å². The van der Waals surface area contributed by atoms with Crippen LogP contribution in [-0.2, 0) is 10.0 Å². The van der Waals surface area contributed by atoms with Crippen molar-refractivity contribution in [2.75, 3.05) is 5.75 Å². The van der Waals surface area contributed by atoms with Crippen LogP contribution in [0, 0.1) is 0 Å². The molecule has 13 heavy (non-hydrogen) atoms. The SMILES string of the molecule is CCS(=O)(=O)N[C@@H](C)c1cccs1. The molecule has 1 rings (SSSR count). The predicted octanol–water partition coefficient (Wildman–Crippen LogP) is 1.75. The van der Waals surface area contributed by atoms with Crippen molar-refractivity contribution in [3.8, 4) is 0 Å². The van der Waals surface area contributed by atoms with Crippen molar-refractivity contribution in [3.05, 3.63) is 22.4 Å². The van der Waals surface area contributed by atoms with Crippen LogP contribution >= 0.6 is 11.3 Å². The smallest absolute Gasteiger partial charge is 0.211 e. The van der Waals surface area contributed by atoms with E-state index in [1.807, 2.05) is 24.4 Å². The number of hydrogen-bond acceptors (Lipinski definition) is 3. The average molecular weight is 219 g/mol. The van der Waals surface area contributed by atoms with E-state index < -0.39 is 10.0 Å². The molecule has 0 bridgehead atoms. The van der Waals surface area contributed by atoms with E-state index in [4.69, 9.17) is 0 Å². The molecule has 0 fully saturated rings. The lowest BCUT2D eigenvalue weighted by Crippen LogP contribution is -2.27. The largest absolute Gasteiger partial charge is 0.212 e. The Labute approximate surface area is 82.8 Å². The van der Waals surface area contributed by atoms with Crippen LogP contribution in [-0.4, -0.2) is 14.2 Å². The summed E-state index contributed by atoms with van der Waals surface area (Å²) in [5.74, 6) is 0.128. The highest BCUT2D eigenvalue weighted by atomic mass is 32.2. The van der Waals surface area contributed by atoms with E-state index in [-0.39, 0.29) is 11.8 Å². The fraction of sp³-hybridized carbons (Fsp3) is 0.500. The maximum Gasteiger partial charge on any atom is 0.211 e. The van der Waals surface area contributed by atoms with Gasteiger partial charge in [-0.1, -0.05) is 6.07 Å². The standard InChI is InChI=1S/C8H13NO2S2/c1-3-13(10,11)9-7(2)8-5-4-6-12-8/h4-7,9H,3H2,1-2H3/t7-/m0/s1. The lowest BCUT2D eigenvalue weighted by Gasteiger charge is -2.10. The molecular weight excluding hydrogens is 206 g/mol. The van der Waals surface area contributed by atoms with Crippen molar-refractivity contribution in [3.63, 3.8) is 0 Å². The molecule has 0 amide bonds. The molecule has 1 N–H and O–H groups in total. The van der Waals surface area contributed by atoms with Crippen molar-refractivity contribution in [2.24, 2.45) is 0 Å². The van der Waals surface area contributed by atoms with Crippen LogP contribution in [0.15, 0.2) is 17.5 Å². The molecule has 0 spiro atoms. The van der Waals surface area contributed by atoms with Crippen molar-refractivity contribution >= 4 is 21.4 Å². The molecule has 5 heteroatoms. The van der Waals surface area contributed by atoms with E-state index in [0.717, 1.165) is 4.88 Å². The van der Waals surface area contributed by atoms with Crippen molar-refractivity contribution < 1.29 is 8.42 Å². The lowest BCUT2D eigenvalue weighted by molar-refractivity contribution is 0.570. The minimum absolute atomic E-state index is 0.120. The van der Waals surface area contributed by atoms with Crippen molar-refractivity contribution in [2.45, 2.75) is 19.9 Å². The van der Waals surface area contributed by atoms with Gasteiger partial charge in [0.1, 0.15) is 0 Å². The van der Waals surface area contributed by atoms with Gasteiger partial charge in [0.2, 0.25) is 10.0 Å². The zero-order chi connectivity index (χ0) is 9.90. The first kappa shape index (κ1) is 10.7. The third-order valence-corrected chi connectivity index (χ3v) is 4.23. The van der Waals surface area contributed by atoms with E-state index in [1.165, 1.54) is 0 Å². The normalized spacial score (nSPS) is 14.3. The molecule has 74 valence electrons. The minimum Gasteiger partial charge on any atom is -0.212 e. The summed E-state index contributed by atoms with van der Waals surface area (Å²) in [5.41, 5.74) is 0. The maximum absolute atomic E-state index is 11.2. The maximum atomic E-state index is 11.2. The molecule has 0 unspecified atom stereocenters. The highest BCUT2D eigenvalue weighted by Gasteiger charge is 2.13. The Hall–Kier alpha value is -0.390. The van der Waals surface area contributed by atoms with Gasteiger partial charge in [0.25, 0.3) is 0 Å². The van der Waals surface area contributed by atoms with Crippen LogP contribution in [0.3, 0.4) is 0 Å². The molecule has 0 saturated heterocycles. The van der Waals surface area contributed by atoms with Gasteiger partial charge in [0.15, 0.2) is 0 Å². The molecule has 0 radical (unpaired) electrons. The lowest BCUT2D eigenvalue weighted by atomic mass is 10.3. The Morgan fingerprint density at radius 1 is 1.62 bits per heavy atom. The average Bonchev–Trinajstić information content (AvgIpc) is 2.55. The first-order valence-corrected chi connectivity index (χ1v) is 6.62. The Morgan fingerprint density at radius 2 is 2.31 bits per heavy atom. The van der Waals surface area contributed by atoms with Crippen LogP contribution in [0.5, 0.6) is 0 Å². The van der Waals surface area contributed by atoms with E-state index in [0.29, 0.717) is 0 Å². The summed E-state index contributed by atoms with van der Waals surface area (Å²) in [4.78, 5) is 1.04. The fourth-order valence-corrected chi connectivity index (χ4v) is 2.59. The molecule has 1 heterocycles. The second-order valence-electron chi connectivity index (χ2n) is 2.76. The third kappa shape index (κ3) is 3.10. The van der Waals surface area contributed by atoms with Crippen LogP contribution in [0.4, 0.5) is 0 Å². The molecule has 3 nitrogen and oxygen atoms in total. The molecule has 0 aliphatic rings. The predicted molar refractivity (Wildman–Crippen MR) is 55.3 cm³/mol. The van der Waals surface area contributed by atoms with Gasteiger partial charge in [0, 0.05) is 4.88 Å². The van der Waals surface area contributed by atoms with Crippen LogP contribution < -0.4 is 4.72 Å². The summed E-state index contributed by atoms with van der Waals surface area (Å²) >= 11 is 1.56. The van der Waals surface area contributed by atoms with Gasteiger partial charge in [-0.3, -0.25) is 0 Å². The second kappa shape index (κ2) is 4.21. The van der Waals surface area contributed by atoms with Gasteiger partial charge in [-0.2, -0.15) is 0 Å². The zero-order valence-electron chi connectivity index (χ0n) is 7.65. The van der Waals surface area contributed by atoms with E-state index in [9.17, 15) is 8.42 Å².